The Kier molecular flexibility index (Phi) is 8.61. The van der Waals surface area contributed by atoms with Crippen LogP contribution in [0.15, 0.2) is 28.8 Å². The van der Waals surface area contributed by atoms with Crippen LogP contribution < -0.4 is 5.32 Å². The summed E-state index contributed by atoms with van der Waals surface area (Å²) in [4.78, 5) is 33.3. The van der Waals surface area contributed by atoms with Crippen LogP contribution in [0.3, 0.4) is 0 Å². The third kappa shape index (κ3) is 7.39. The summed E-state index contributed by atoms with van der Waals surface area (Å²) in [6.07, 6.45) is 1.43. The van der Waals surface area contributed by atoms with Gasteiger partial charge in [0.1, 0.15) is 6.04 Å². The number of benzene rings is 1. The number of nitrogens with zero attached hydrogens (tertiary/aromatic N) is 4. The van der Waals surface area contributed by atoms with Crippen molar-refractivity contribution in [1.82, 2.24) is 25.3 Å². The fourth-order valence-electron chi connectivity index (χ4n) is 4.16. The van der Waals surface area contributed by atoms with E-state index in [9.17, 15) is 9.59 Å². The predicted octanol–water partition coefficient (Wildman–Crippen LogP) is 3.13. The van der Waals surface area contributed by atoms with Gasteiger partial charge in [0.25, 0.3) is 0 Å². The van der Waals surface area contributed by atoms with E-state index in [1.54, 1.807) is 0 Å². The number of hydrogen-bond donors (Lipinski definition) is 1. The molecule has 0 saturated carbocycles. The number of amides is 2. The van der Waals surface area contributed by atoms with E-state index in [-0.39, 0.29) is 11.8 Å². The molecule has 2 aromatic rings. The summed E-state index contributed by atoms with van der Waals surface area (Å²) in [5.41, 5.74) is 2.13. The second-order valence-corrected chi connectivity index (χ2v) is 9.79. The minimum atomic E-state index is -0.443. The molecular formula is C25H37N5O3. The smallest absolute Gasteiger partial charge is 0.245 e. The van der Waals surface area contributed by atoms with Gasteiger partial charge in [-0.2, -0.15) is 4.98 Å². The Bertz CT molecular complexity index is 932. The monoisotopic (exact) mass is 455 g/mol. The molecule has 8 nitrogen and oxygen atoms in total. The third-order valence-corrected chi connectivity index (χ3v) is 5.71. The molecule has 0 bridgehead atoms. The van der Waals surface area contributed by atoms with Crippen molar-refractivity contribution in [3.8, 4) is 11.4 Å². The minimum Gasteiger partial charge on any atom is -0.345 e. The lowest BCUT2D eigenvalue weighted by Gasteiger charge is -2.36. The fourth-order valence-corrected chi connectivity index (χ4v) is 4.16. The second-order valence-electron chi connectivity index (χ2n) is 9.79. The molecule has 0 aliphatic carbocycles. The largest absolute Gasteiger partial charge is 0.345 e. The Labute approximate surface area is 196 Å². The zero-order valence-electron chi connectivity index (χ0n) is 20.5. The Hall–Kier alpha value is -2.74. The summed E-state index contributed by atoms with van der Waals surface area (Å²) in [6.45, 7) is 13.6. The predicted molar refractivity (Wildman–Crippen MR) is 127 cm³/mol. The van der Waals surface area contributed by atoms with Gasteiger partial charge in [-0.15, -0.1) is 0 Å². The highest BCUT2D eigenvalue weighted by molar-refractivity contribution is 5.87. The number of aromatic nitrogens is 2. The van der Waals surface area contributed by atoms with E-state index < -0.39 is 6.04 Å². The lowest BCUT2D eigenvalue weighted by Crippen LogP contribution is -2.54. The van der Waals surface area contributed by atoms with Crippen LogP contribution in [-0.2, 0) is 22.6 Å². The van der Waals surface area contributed by atoms with E-state index in [0.29, 0.717) is 43.1 Å². The molecule has 2 heterocycles. The maximum atomic E-state index is 13.0. The Balaban J connectivity index is 1.56. The van der Waals surface area contributed by atoms with Crippen LogP contribution in [-0.4, -0.2) is 64.0 Å². The van der Waals surface area contributed by atoms with Gasteiger partial charge in [0.05, 0.1) is 0 Å². The maximum absolute atomic E-state index is 13.0. The number of hydrogen-bond acceptors (Lipinski definition) is 6. The van der Waals surface area contributed by atoms with Gasteiger partial charge < -0.3 is 14.7 Å². The van der Waals surface area contributed by atoms with Gasteiger partial charge in [-0.25, -0.2) is 0 Å². The maximum Gasteiger partial charge on any atom is 0.245 e. The van der Waals surface area contributed by atoms with Crippen molar-refractivity contribution in [1.29, 1.82) is 0 Å². The molecule has 180 valence electrons. The molecule has 1 atom stereocenters. The van der Waals surface area contributed by atoms with E-state index in [2.05, 4.69) is 60.2 Å². The quantitative estimate of drug-likeness (QED) is 0.625. The molecule has 2 amide bonds. The Morgan fingerprint density at radius 1 is 1.09 bits per heavy atom. The van der Waals surface area contributed by atoms with Crippen LogP contribution in [0.1, 0.15) is 52.5 Å². The second kappa shape index (κ2) is 11.4. The van der Waals surface area contributed by atoms with Crippen LogP contribution >= 0.6 is 0 Å². The molecule has 0 unspecified atom stereocenters. The summed E-state index contributed by atoms with van der Waals surface area (Å²) in [5, 5.41) is 6.97. The van der Waals surface area contributed by atoms with Gasteiger partial charge in [-0.05, 0) is 29.9 Å². The van der Waals surface area contributed by atoms with Gasteiger partial charge in [0.2, 0.25) is 23.5 Å². The lowest BCUT2D eigenvalue weighted by molar-refractivity contribution is -0.138. The third-order valence-electron chi connectivity index (χ3n) is 5.71. The van der Waals surface area contributed by atoms with Crippen molar-refractivity contribution in [2.45, 2.75) is 60.0 Å². The van der Waals surface area contributed by atoms with Crippen molar-refractivity contribution in [3.05, 3.63) is 35.7 Å². The van der Waals surface area contributed by atoms with Crippen LogP contribution in [0.5, 0.6) is 0 Å². The summed E-state index contributed by atoms with van der Waals surface area (Å²) >= 11 is 0. The summed E-state index contributed by atoms with van der Waals surface area (Å²) in [5.74, 6) is 1.95. The van der Waals surface area contributed by atoms with Crippen LogP contribution in [0.2, 0.25) is 0 Å². The molecule has 1 N–H and O–H groups in total. The van der Waals surface area contributed by atoms with Gasteiger partial charge in [-0.3, -0.25) is 14.5 Å². The number of rotatable bonds is 9. The van der Waals surface area contributed by atoms with Crippen molar-refractivity contribution in [2.75, 3.05) is 26.2 Å². The highest BCUT2D eigenvalue weighted by atomic mass is 16.5. The SMILES string of the molecule is CC(=O)N[C@H](CC(C)C)C(=O)N1CCN(Cc2cccc(-c3noc(CC(C)C)n3)c2)CC1. The number of carbonyl (C=O) groups excluding carboxylic acids is 2. The van der Waals surface area contributed by atoms with E-state index in [1.165, 1.54) is 12.5 Å². The van der Waals surface area contributed by atoms with Crippen LogP contribution in [0.25, 0.3) is 11.4 Å². The van der Waals surface area contributed by atoms with E-state index in [0.717, 1.165) is 31.6 Å². The van der Waals surface area contributed by atoms with E-state index in [4.69, 9.17) is 4.52 Å². The summed E-state index contributed by atoms with van der Waals surface area (Å²) in [6, 6.07) is 7.79. The molecule has 0 spiro atoms. The Morgan fingerprint density at radius 2 is 1.82 bits per heavy atom. The molecule has 1 aliphatic heterocycles. The average molecular weight is 456 g/mol. The number of nitrogens with one attached hydrogen (secondary N) is 1. The van der Waals surface area contributed by atoms with Crippen molar-refractivity contribution in [2.24, 2.45) is 11.8 Å². The molecule has 1 aromatic carbocycles. The number of carbonyl (C=O) groups is 2. The van der Waals surface area contributed by atoms with E-state index >= 15 is 0 Å². The number of piperazine rings is 1. The van der Waals surface area contributed by atoms with Crippen molar-refractivity contribution < 1.29 is 14.1 Å². The van der Waals surface area contributed by atoms with Crippen LogP contribution in [0.4, 0.5) is 0 Å². The van der Waals surface area contributed by atoms with Crippen molar-refractivity contribution >= 4 is 11.8 Å². The Morgan fingerprint density at radius 3 is 2.45 bits per heavy atom. The molecule has 3 rings (SSSR count). The normalized spacial score (nSPS) is 15.8. The zero-order valence-corrected chi connectivity index (χ0v) is 20.5. The summed E-state index contributed by atoms with van der Waals surface area (Å²) < 4.78 is 5.39. The molecule has 1 aromatic heterocycles. The molecule has 1 saturated heterocycles. The van der Waals surface area contributed by atoms with E-state index in [1.807, 2.05) is 17.0 Å². The van der Waals surface area contributed by atoms with Gasteiger partial charge in [0, 0.05) is 51.6 Å². The molecule has 33 heavy (non-hydrogen) atoms. The minimum absolute atomic E-state index is 0.0230. The summed E-state index contributed by atoms with van der Waals surface area (Å²) in [7, 11) is 0. The van der Waals surface area contributed by atoms with Gasteiger partial charge >= 0.3 is 0 Å². The van der Waals surface area contributed by atoms with Crippen LogP contribution in [0, 0.1) is 11.8 Å². The first kappa shape index (κ1) is 24.9. The average Bonchev–Trinajstić information content (AvgIpc) is 3.21. The molecular weight excluding hydrogens is 418 g/mol. The standard InChI is InChI=1S/C25H37N5O3/c1-17(2)13-22(26-19(5)31)25(32)30-11-9-29(10-12-30)16-20-7-6-8-21(15-20)24-27-23(33-28-24)14-18(3)4/h6-8,15,17-18,22H,9-14,16H2,1-5H3,(H,26,31)/t22-/m1/s1. The molecule has 8 heteroatoms. The van der Waals surface area contributed by atoms with Gasteiger partial charge in [-0.1, -0.05) is 51.1 Å². The molecule has 1 aliphatic rings. The first-order valence-electron chi connectivity index (χ1n) is 11.9. The highest BCUT2D eigenvalue weighted by Crippen LogP contribution is 2.20. The van der Waals surface area contributed by atoms with Crippen molar-refractivity contribution in [3.63, 3.8) is 0 Å². The topological polar surface area (TPSA) is 91.6 Å². The highest BCUT2D eigenvalue weighted by Gasteiger charge is 2.28. The fraction of sp³-hybridized carbons (Fsp3) is 0.600. The van der Waals surface area contributed by atoms with Gasteiger partial charge in [0.15, 0.2) is 0 Å². The first-order chi connectivity index (χ1) is 15.7. The molecule has 0 radical (unpaired) electrons. The lowest BCUT2D eigenvalue weighted by atomic mass is 10.0. The molecule has 1 fully saturated rings. The first-order valence-corrected chi connectivity index (χ1v) is 11.9. The zero-order chi connectivity index (χ0) is 24.0.